The number of nitrogens with one attached hydrogen (secondary N) is 1. The standard InChI is InChI=1S/C58H107NO10/c1-4-7-10-13-16-19-22-25-26-28-31-34-37-40-43-46-53(63)69-56-55(65)54(64)52(47-60)68-58(56)67-48-49(50(61)44-41-38-35-32-29-24-21-18-15-12-9-6-3)59-57(66)51(62)45-42-39-36-33-30-27-23-20-17-14-11-8-5-2/h19,22,30,33,41,44,49-52,54-56,58,60-62,64-65H,4-18,20-21,23-29,31-32,34-40,42-43,45-48H2,1-3H3,(H,59,66)/b22-19-,33-30-,44-41+. The lowest BCUT2D eigenvalue weighted by molar-refractivity contribution is -0.305. The third-order valence-corrected chi connectivity index (χ3v) is 13.5. The van der Waals surface area contributed by atoms with Crippen LogP contribution >= 0.6 is 0 Å². The van der Waals surface area contributed by atoms with Crippen LogP contribution in [0.5, 0.6) is 0 Å². The number of allylic oxidation sites excluding steroid dienone is 5. The van der Waals surface area contributed by atoms with Gasteiger partial charge >= 0.3 is 5.97 Å². The first kappa shape index (κ1) is 64.9. The van der Waals surface area contributed by atoms with Crippen LogP contribution in [0.4, 0.5) is 0 Å². The van der Waals surface area contributed by atoms with E-state index in [9.17, 15) is 35.1 Å². The predicted octanol–water partition coefficient (Wildman–Crippen LogP) is 12.7. The van der Waals surface area contributed by atoms with Gasteiger partial charge in [-0.05, 0) is 77.0 Å². The van der Waals surface area contributed by atoms with Crippen molar-refractivity contribution in [2.24, 2.45) is 0 Å². The van der Waals surface area contributed by atoms with E-state index in [0.717, 1.165) is 70.6 Å². The number of hydrogen-bond donors (Lipinski definition) is 6. The highest BCUT2D eigenvalue weighted by Crippen LogP contribution is 2.26. The molecule has 11 heteroatoms. The van der Waals surface area contributed by atoms with Crippen molar-refractivity contribution in [1.29, 1.82) is 0 Å². The number of carbonyl (C=O) groups is 2. The maximum Gasteiger partial charge on any atom is 0.306 e. The summed E-state index contributed by atoms with van der Waals surface area (Å²) in [5.41, 5.74) is 0. The van der Waals surface area contributed by atoms with Gasteiger partial charge in [0.25, 0.3) is 0 Å². The number of rotatable bonds is 48. The summed E-state index contributed by atoms with van der Waals surface area (Å²) in [7, 11) is 0. The second kappa shape index (κ2) is 46.9. The smallest absolute Gasteiger partial charge is 0.306 e. The van der Waals surface area contributed by atoms with E-state index in [1.165, 1.54) is 141 Å². The van der Waals surface area contributed by atoms with Crippen LogP contribution in [0.15, 0.2) is 36.5 Å². The van der Waals surface area contributed by atoms with Gasteiger partial charge in [-0.3, -0.25) is 9.59 Å². The molecule has 6 N–H and O–H groups in total. The van der Waals surface area contributed by atoms with Gasteiger partial charge in [-0.1, -0.05) is 211 Å². The summed E-state index contributed by atoms with van der Waals surface area (Å²) in [6.45, 7) is 5.75. The van der Waals surface area contributed by atoms with Gasteiger partial charge in [0.15, 0.2) is 12.4 Å². The molecule has 0 aromatic carbocycles. The molecule has 8 atom stereocenters. The molecule has 1 saturated heterocycles. The Kier molecular flexibility index (Phi) is 44.1. The number of aliphatic hydroxyl groups excluding tert-OH is 5. The molecule has 1 aliphatic heterocycles. The van der Waals surface area contributed by atoms with Crippen molar-refractivity contribution in [3.63, 3.8) is 0 Å². The van der Waals surface area contributed by atoms with Gasteiger partial charge < -0.3 is 45.1 Å². The van der Waals surface area contributed by atoms with Gasteiger partial charge in [0.1, 0.15) is 24.4 Å². The molecule has 8 unspecified atom stereocenters. The normalized spacial score (nSPS) is 20.0. The molecule has 0 bridgehead atoms. The molecule has 0 aromatic rings. The van der Waals surface area contributed by atoms with Gasteiger partial charge in [0.05, 0.1) is 25.4 Å². The summed E-state index contributed by atoms with van der Waals surface area (Å²) in [5.74, 6) is -1.21. The van der Waals surface area contributed by atoms with E-state index in [-0.39, 0.29) is 19.4 Å². The number of unbranched alkanes of at least 4 members (excludes halogenated alkanes) is 30. The van der Waals surface area contributed by atoms with Crippen molar-refractivity contribution < 1.29 is 49.3 Å². The van der Waals surface area contributed by atoms with Crippen molar-refractivity contribution in [3.8, 4) is 0 Å². The topological polar surface area (TPSA) is 175 Å². The molecular formula is C58H107NO10. The first-order chi connectivity index (χ1) is 33.7. The molecule has 1 fully saturated rings. The molecule has 0 spiro atoms. The highest BCUT2D eigenvalue weighted by atomic mass is 16.7. The molecule has 1 rings (SSSR count). The van der Waals surface area contributed by atoms with E-state index in [1.807, 2.05) is 6.08 Å². The molecule has 1 heterocycles. The minimum Gasteiger partial charge on any atom is -0.454 e. The Labute approximate surface area is 422 Å². The van der Waals surface area contributed by atoms with Crippen LogP contribution in [0.1, 0.15) is 258 Å². The number of ether oxygens (including phenoxy) is 3. The molecule has 1 amide bonds. The van der Waals surface area contributed by atoms with Crippen LogP contribution in [-0.2, 0) is 23.8 Å². The number of aliphatic hydroxyl groups is 5. The Morgan fingerprint density at radius 2 is 0.957 bits per heavy atom. The van der Waals surface area contributed by atoms with Crippen LogP contribution in [0.2, 0.25) is 0 Å². The number of hydrogen-bond acceptors (Lipinski definition) is 10. The van der Waals surface area contributed by atoms with Crippen LogP contribution in [-0.4, -0.2) is 99.6 Å². The first-order valence-corrected chi connectivity index (χ1v) is 28.8. The highest BCUT2D eigenvalue weighted by Gasteiger charge is 2.47. The fraction of sp³-hybridized carbons (Fsp3) is 0.862. The minimum atomic E-state index is -1.61. The minimum absolute atomic E-state index is 0.118. The molecule has 0 radical (unpaired) electrons. The van der Waals surface area contributed by atoms with E-state index < -0.39 is 67.4 Å². The van der Waals surface area contributed by atoms with Gasteiger partial charge in [-0.25, -0.2) is 0 Å². The van der Waals surface area contributed by atoms with Crippen LogP contribution < -0.4 is 5.32 Å². The van der Waals surface area contributed by atoms with Crippen LogP contribution in [0.25, 0.3) is 0 Å². The molecule has 0 saturated carbocycles. The van der Waals surface area contributed by atoms with Gasteiger partial charge in [-0.15, -0.1) is 0 Å². The Morgan fingerprint density at radius 1 is 0.551 bits per heavy atom. The number of carbonyl (C=O) groups excluding carboxylic acids is 2. The summed E-state index contributed by atoms with van der Waals surface area (Å²) in [5, 5.41) is 56.7. The van der Waals surface area contributed by atoms with Crippen molar-refractivity contribution in [2.45, 2.75) is 307 Å². The fourth-order valence-corrected chi connectivity index (χ4v) is 8.88. The van der Waals surface area contributed by atoms with Crippen LogP contribution in [0.3, 0.4) is 0 Å². The van der Waals surface area contributed by atoms with Gasteiger partial charge in [0.2, 0.25) is 5.91 Å². The molecular weight excluding hydrogens is 871 g/mol. The largest absolute Gasteiger partial charge is 0.454 e. The average molecular weight is 978 g/mol. The third kappa shape index (κ3) is 35.6. The van der Waals surface area contributed by atoms with Crippen molar-refractivity contribution >= 4 is 11.9 Å². The molecule has 0 aromatic heterocycles. The summed E-state index contributed by atoms with van der Waals surface area (Å²) >= 11 is 0. The van der Waals surface area contributed by atoms with Gasteiger partial charge in [0, 0.05) is 6.42 Å². The summed E-state index contributed by atoms with van der Waals surface area (Å²) in [4.78, 5) is 26.4. The number of esters is 1. The first-order valence-electron chi connectivity index (χ1n) is 28.8. The average Bonchev–Trinajstić information content (AvgIpc) is 3.34. The van der Waals surface area contributed by atoms with Crippen molar-refractivity contribution in [2.75, 3.05) is 13.2 Å². The third-order valence-electron chi connectivity index (χ3n) is 13.5. The van der Waals surface area contributed by atoms with E-state index in [1.54, 1.807) is 6.08 Å². The Balaban J connectivity index is 2.75. The zero-order chi connectivity index (χ0) is 50.4. The Morgan fingerprint density at radius 3 is 1.42 bits per heavy atom. The van der Waals surface area contributed by atoms with E-state index in [2.05, 4.69) is 50.4 Å². The monoisotopic (exact) mass is 978 g/mol. The lowest BCUT2D eigenvalue weighted by atomic mass is 9.99. The number of amides is 1. The van der Waals surface area contributed by atoms with E-state index in [4.69, 9.17) is 14.2 Å². The summed E-state index contributed by atoms with van der Waals surface area (Å²) < 4.78 is 17.6. The lowest BCUT2D eigenvalue weighted by Gasteiger charge is -2.41. The Hall–Kier alpha value is -2.12. The molecule has 0 aliphatic carbocycles. The van der Waals surface area contributed by atoms with Crippen molar-refractivity contribution in [1.82, 2.24) is 5.32 Å². The van der Waals surface area contributed by atoms with Crippen LogP contribution in [0, 0.1) is 0 Å². The van der Waals surface area contributed by atoms with E-state index in [0.29, 0.717) is 12.8 Å². The maximum absolute atomic E-state index is 13.3. The second-order valence-corrected chi connectivity index (χ2v) is 20.0. The summed E-state index contributed by atoms with van der Waals surface area (Å²) in [6, 6.07) is -1.03. The zero-order valence-corrected chi connectivity index (χ0v) is 44.4. The summed E-state index contributed by atoms with van der Waals surface area (Å²) in [6.07, 6.45) is 43.3. The second-order valence-electron chi connectivity index (χ2n) is 20.0. The Bertz CT molecular complexity index is 1260. The molecule has 1 aliphatic rings. The maximum atomic E-state index is 13.3. The fourth-order valence-electron chi connectivity index (χ4n) is 8.88. The van der Waals surface area contributed by atoms with Gasteiger partial charge in [-0.2, -0.15) is 0 Å². The zero-order valence-electron chi connectivity index (χ0n) is 44.4. The SMILES string of the molecule is CCCCCC/C=C\CCCCCCCCCC(=O)OC1C(OCC(NC(=O)C(O)CCCC/C=C\CCCCCCCCC)C(O)/C=C/CCCCCCCCCCCC)OC(CO)C(O)C1O. The highest BCUT2D eigenvalue weighted by molar-refractivity contribution is 5.80. The molecule has 69 heavy (non-hydrogen) atoms. The van der Waals surface area contributed by atoms with Crippen molar-refractivity contribution in [3.05, 3.63) is 36.5 Å². The lowest BCUT2D eigenvalue weighted by Crippen LogP contribution is -2.61. The molecule has 11 nitrogen and oxygen atoms in total. The van der Waals surface area contributed by atoms with E-state index >= 15 is 0 Å². The quantitative estimate of drug-likeness (QED) is 0.0196. The molecule has 404 valence electrons. The predicted molar refractivity (Wildman–Crippen MR) is 283 cm³/mol.